The number of esters is 1. The molecule has 1 amide bonds. The van der Waals surface area contributed by atoms with E-state index < -0.39 is 12.1 Å². The molecule has 0 saturated carbocycles. The van der Waals surface area contributed by atoms with Crippen LogP contribution in [0.25, 0.3) is 11.0 Å². The van der Waals surface area contributed by atoms with Gasteiger partial charge in [0, 0.05) is 10.9 Å². The first-order valence-electron chi connectivity index (χ1n) is 8.41. The molecule has 1 unspecified atom stereocenters. The molecule has 3 aromatic rings. The maximum Gasteiger partial charge on any atom is 0.311 e. The van der Waals surface area contributed by atoms with E-state index in [9.17, 15) is 9.59 Å². The first-order valence-corrected chi connectivity index (χ1v) is 8.41. The van der Waals surface area contributed by atoms with Crippen molar-refractivity contribution in [2.75, 3.05) is 0 Å². The smallest absolute Gasteiger partial charge is 0.311 e. The number of carbonyl (C=O) groups is 2. The third-order valence-corrected chi connectivity index (χ3v) is 4.30. The highest BCUT2D eigenvalue weighted by atomic mass is 16.5. The van der Waals surface area contributed by atoms with E-state index in [0.29, 0.717) is 5.76 Å². The Kier molecular flexibility index (Phi) is 5.11. The maximum atomic E-state index is 12.2. The van der Waals surface area contributed by atoms with Gasteiger partial charge in [-0.3, -0.25) is 9.59 Å². The van der Waals surface area contributed by atoms with Crippen molar-refractivity contribution in [3.63, 3.8) is 0 Å². The minimum absolute atomic E-state index is 0.0469. The molecule has 0 fully saturated rings. The minimum atomic E-state index is -0.889. The summed E-state index contributed by atoms with van der Waals surface area (Å²) in [5.41, 5.74) is 3.73. The zero-order valence-electron chi connectivity index (χ0n) is 15.0. The lowest BCUT2D eigenvalue weighted by Gasteiger charge is -2.12. The quantitative estimate of drug-likeness (QED) is 0.685. The second-order valence-electron chi connectivity index (χ2n) is 6.30. The average Bonchev–Trinajstić information content (AvgIpc) is 3.24. The number of carbonyl (C=O) groups excluding carboxylic acids is 2. The van der Waals surface area contributed by atoms with Crippen molar-refractivity contribution in [3.8, 4) is 0 Å². The van der Waals surface area contributed by atoms with Crippen LogP contribution in [0.1, 0.15) is 29.4 Å². The highest BCUT2D eigenvalue weighted by Gasteiger charge is 2.19. The summed E-state index contributed by atoms with van der Waals surface area (Å²) >= 11 is 0. The Bertz CT molecular complexity index is 923. The van der Waals surface area contributed by atoms with Gasteiger partial charge in [-0.2, -0.15) is 0 Å². The number of aryl methyl sites for hydroxylation is 2. The first-order chi connectivity index (χ1) is 12.4. The lowest BCUT2D eigenvalue weighted by atomic mass is 10.0. The van der Waals surface area contributed by atoms with E-state index in [2.05, 4.69) is 5.32 Å². The fourth-order valence-corrected chi connectivity index (χ4v) is 2.65. The number of furan rings is 2. The molecular weight excluding hydrogens is 334 g/mol. The summed E-state index contributed by atoms with van der Waals surface area (Å²) in [5, 5.41) is 3.55. The van der Waals surface area contributed by atoms with E-state index in [4.69, 9.17) is 13.6 Å². The van der Waals surface area contributed by atoms with E-state index in [1.54, 1.807) is 18.4 Å². The van der Waals surface area contributed by atoms with E-state index in [0.717, 1.165) is 27.7 Å². The predicted octanol–water partition coefficient (Wildman–Crippen LogP) is 3.43. The summed E-state index contributed by atoms with van der Waals surface area (Å²) in [7, 11) is 0. The van der Waals surface area contributed by atoms with Crippen LogP contribution < -0.4 is 5.32 Å². The molecule has 2 heterocycles. The molecule has 0 bridgehead atoms. The van der Waals surface area contributed by atoms with Gasteiger partial charge in [-0.25, -0.2) is 0 Å². The topological polar surface area (TPSA) is 81.7 Å². The Balaban J connectivity index is 1.58. The fraction of sp³-hybridized carbons (Fsp3) is 0.300. The van der Waals surface area contributed by atoms with Gasteiger partial charge in [-0.1, -0.05) is 0 Å². The molecule has 3 rings (SSSR count). The molecule has 2 aromatic heterocycles. The minimum Gasteiger partial charge on any atom is -0.467 e. The Morgan fingerprint density at radius 1 is 1.19 bits per heavy atom. The SMILES string of the molecule is Cc1cc2occ(CC(=O)OC(C)C(=O)NCc3ccco3)c2cc1C. The summed E-state index contributed by atoms with van der Waals surface area (Å²) in [4.78, 5) is 24.2. The number of fused-ring (bicyclic) bond motifs is 1. The summed E-state index contributed by atoms with van der Waals surface area (Å²) in [6, 6.07) is 7.44. The third kappa shape index (κ3) is 3.96. The van der Waals surface area contributed by atoms with Gasteiger partial charge in [0.1, 0.15) is 11.3 Å². The van der Waals surface area contributed by atoms with Crippen molar-refractivity contribution < 1.29 is 23.2 Å². The molecule has 1 N–H and O–H groups in total. The van der Waals surface area contributed by atoms with Gasteiger partial charge in [0.25, 0.3) is 5.91 Å². The molecule has 0 radical (unpaired) electrons. The summed E-state index contributed by atoms with van der Waals surface area (Å²) in [6.45, 7) is 5.80. The Morgan fingerprint density at radius 3 is 2.69 bits per heavy atom. The molecule has 1 aromatic carbocycles. The Labute approximate surface area is 151 Å². The second-order valence-corrected chi connectivity index (χ2v) is 6.30. The zero-order chi connectivity index (χ0) is 18.7. The van der Waals surface area contributed by atoms with E-state index in [1.165, 1.54) is 13.2 Å². The van der Waals surface area contributed by atoms with Crippen molar-refractivity contribution in [2.24, 2.45) is 0 Å². The lowest BCUT2D eigenvalue weighted by Crippen LogP contribution is -2.35. The van der Waals surface area contributed by atoms with Crippen LogP contribution in [0.15, 0.2) is 45.6 Å². The van der Waals surface area contributed by atoms with Gasteiger partial charge >= 0.3 is 5.97 Å². The van der Waals surface area contributed by atoms with E-state index in [-0.39, 0.29) is 18.9 Å². The number of hydrogen-bond donors (Lipinski definition) is 1. The number of benzene rings is 1. The van der Waals surface area contributed by atoms with Gasteiger partial charge in [-0.05, 0) is 56.2 Å². The Hall–Kier alpha value is -3.02. The zero-order valence-corrected chi connectivity index (χ0v) is 15.0. The number of amides is 1. The highest BCUT2D eigenvalue weighted by molar-refractivity contribution is 5.88. The molecule has 6 nitrogen and oxygen atoms in total. The largest absolute Gasteiger partial charge is 0.467 e. The molecular formula is C20H21NO5. The van der Waals surface area contributed by atoms with Gasteiger partial charge in [0.15, 0.2) is 6.10 Å². The van der Waals surface area contributed by atoms with Crippen molar-refractivity contribution >= 4 is 22.8 Å². The molecule has 0 aliphatic carbocycles. The second kappa shape index (κ2) is 7.47. The molecule has 136 valence electrons. The molecule has 0 aliphatic heterocycles. The lowest BCUT2D eigenvalue weighted by molar-refractivity contribution is -0.154. The fourth-order valence-electron chi connectivity index (χ4n) is 2.65. The number of ether oxygens (including phenoxy) is 1. The van der Waals surface area contributed by atoms with Crippen LogP contribution in [-0.4, -0.2) is 18.0 Å². The van der Waals surface area contributed by atoms with Crippen LogP contribution in [-0.2, 0) is 27.3 Å². The monoisotopic (exact) mass is 355 g/mol. The highest BCUT2D eigenvalue weighted by Crippen LogP contribution is 2.25. The Morgan fingerprint density at radius 2 is 1.96 bits per heavy atom. The maximum absolute atomic E-state index is 12.2. The van der Waals surface area contributed by atoms with Gasteiger partial charge in [0.2, 0.25) is 0 Å². The number of rotatable bonds is 6. The molecule has 0 spiro atoms. The molecule has 1 atom stereocenters. The van der Waals surface area contributed by atoms with Crippen LogP contribution in [0.5, 0.6) is 0 Å². The van der Waals surface area contributed by atoms with Crippen molar-refractivity contribution in [1.82, 2.24) is 5.32 Å². The summed E-state index contributed by atoms with van der Waals surface area (Å²) < 4.78 is 15.9. The molecule has 26 heavy (non-hydrogen) atoms. The van der Waals surface area contributed by atoms with Crippen LogP contribution >= 0.6 is 0 Å². The normalized spacial score (nSPS) is 12.1. The van der Waals surface area contributed by atoms with Crippen molar-refractivity contribution in [3.05, 3.63) is 59.2 Å². The summed E-state index contributed by atoms with van der Waals surface area (Å²) in [5.74, 6) is -0.225. The number of nitrogens with one attached hydrogen (secondary N) is 1. The third-order valence-electron chi connectivity index (χ3n) is 4.30. The van der Waals surface area contributed by atoms with Crippen LogP contribution in [0, 0.1) is 13.8 Å². The van der Waals surface area contributed by atoms with Crippen LogP contribution in [0.2, 0.25) is 0 Å². The van der Waals surface area contributed by atoms with Crippen LogP contribution in [0.4, 0.5) is 0 Å². The first kappa shape index (κ1) is 17.8. The van der Waals surface area contributed by atoms with Gasteiger partial charge in [0.05, 0.1) is 25.5 Å². The van der Waals surface area contributed by atoms with E-state index >= 15 is 0 Å². The standard InChI is InChI=1S/C20H21NO5/c1-12-7-17-15(11-25-18(17)8-13(12)2)9-19(22)26-14(3)20(23)21-10-16-5-4-6-24-16/h4-8,11,14H,9-10H2,1-3H3,(H,21,23). The van der Waals surface area contributed by atoms with E-state index in [1.807, 2.05) is 26.0 Å². The predicted molar refractivity (Wildman–Crippen MR) is 95.5 cm³/mol. The average molecular weight is 355 g/mol. The summed E-state index contributed by atoms with van der Waals surface area (Å²) in [6.07, 6.45) is 2.25. The number of hydrogen-bond acceptors (Lipinski definition) is 5. The van der Waals surface area contributed by atoms with Gasteiger partial charge < -0.3 is 18.9 Å². The van der Waals surface area contributed by atoms with Crippen LogP contribution in [0.3, 0.4) is 0 Å². The van der Waals surface area contributed by atoms with Gasteiger partial charge in [-0.15, -0.1) is 0 Å². The molecule has 0 aliphatic rings. The van der Waals surface area contributed by atoms with Crippen molar-refractivity contribution in [2.45, 2.75) is 39.8 Å². The molecule has 6 heteroatoms. The van der Waals surface area contributed by atoms with Crippen molar-refractivity contribution in [1.29, 1.82) is 0 Å². The molecule has 0 saturated heterocycles.